The van der Waals surface area contributed by atoms with E-state index in [0.29, 0.717) is 6.42 Å². The van der Waals surface area contributed by atoms with Crippen molar-refractivity contribution in [1.29, 1.82) is 0 Å². The van der Waals surface area contributed by atoms with Gasteiger partial charge < -0.3 is 5.11 Å². The molecule has 0 bridgehead atoms. The Morgan fingerprint density at radius 1 is 1.15 bits per heavy atom. The summed E-state index contributed by atoms with van der Waals surface area (Å²) < 4.78 is 0. The monoisotopic (exact) mass is 185 g/mol. The standard InChI is InChI=1S/C8H11NO4/c10-8-3-1-7(2-4-8)5-6-13-9(11)12/h1-4,10-12H,5-6H2. The highest BCUT2D eigenvalue weighted by Gasteiger charge is 1.96. The van der Waals surface area contributed by atoms with Crippen LogP contribution in [0.15, 0.2) is 24.3 Å². The maximum absolute atomic E-state index is 8.95. The Balaban J connectivity index is 2.33. The molecule has 1 rings (SSSR count). The molecule has 13 heavy (non-hydrogen) atoms. The molecule has 0 radical (unpaired) electrons. The van der Waals surface area contributed by atoms with Crippen molar-refractivity contribution < 1.29 is 20.4 Å². The zero-order valence-electron chi connectivity index (χ0n) is 6.92. The van der Waals surface area contributed by atoms with Gasteiger partial charge in [-0.3, -0.25) is 15.3 Å². The fraction of sp³-hybridized carbons (Fsp3) is 0.250. The van der Waals surface area contributed by atoms with Gasteiger partial charge in [0.05, 0.1) is 12.0 Å². The Morgan fingerprint density at radius 2 is 1.77 bits per heavy atom. The van der Waals surface area contributed by atoms with Crippen molar-refractivity contribution in [3.05, 3.63) is 29.8 Å². The quantitative estimate of drug-likeness (QED) is 0.609. The number of phenols is 1. The van der Waals surface area contributed by atoms with Crippen LogP contribution in [-0.2, 0) is 11.3 Å². The van der Waals surface area contributed by atoms with Crippen LogP contribution in [0.1, 0.15) is 5.56 Å². The van der Waals surface area contributed by atoms with E-state index in [2.05, 4.69) is 4.84 Å². The van der Waals surface area contributed by atoms with Gasteiger partial charge in [0.15, 0.2) is 0 Å². The van der Waals surface area contributed by atoms with Gasteiger partial charge in [0.1, 0.15) is 5.75 Å². The molecule has 0 amide bonds. The second-order valence-electron chi connectivity index (χ2n) is 2.50. The lowest BCUT2D eigenvalue weighted by molar-refractivity contribution is -0.492. The highest BCUT2D eigenvalue weighted by Crippen LogP contribution is 2.09. The van der Waals surface area contributed by atoms with E-state index in [1.807, 2.05) is 0 Å². The number of hydrogen-bond acceptors (Lipinski definition) is 5. The third kappa shape index (κ3) is 3.86. The van der Waals surface area contributed by atoms with Crippen molar-refractivity contribution in [2.45, 2.75) is 6.42 Å². The number of aromatic hydroxyl groups is 1. The van der Waals surface area contributed by atoms with E-state index in [9.17, 15) is 0 Å². The SMILES string of the molecule is Oc1ccc(CCON(O)O)cc1. The Bertz CT molecular complexity index is 247. The van der Waals surface area contributed by atoms with Crippen molar-refractivity contribution in [2.24, 2.45) is 0 Å². The molecule has 1 aromatic carbocycles. The van der Waals surface area contributed by atoms with Gasteiger partial charge >= 0.3 is 0 Å². The minimum absolute atomic E-state index is 0.164. The summed E-state index contributed by atoms with van der Waals surface area (Å²) in [5, 5.41) is 25.0. The molecule has 0 aliphatic rings. The molecule has 5 heteroatoms. The molecule has 1 aromatic rings. The van der Waals surface area contributed by atoms with E-state index in [-0.39, 0.29) is 17.7 Å². The first kappa shape index (κ1) is 9.94. The average molecular weight is 185 g/mol. The van der Waals surface area contributed by atoms with Gasteiger partial charge in [0.2, 0.25) is 0 Å². The second kappa shape index (κ2) is 4.78. The predicted molar refractivity (Wildman–Crippen MR) is 43.2 cm³/mol. The molecule has 0 spiro atoms. The normalized spacial score (nSPS) is 10.7. The number of rotatable bonds is 4. The lowest BCUT2D eigenvalue weighted by atomic mass is 10.1. The fourth-order valence-electron chi connectivity index (χ4n) is 0.908. The molecule has 0 saturated heterocycles. The summed E-state index contributed by atoms with van der Waals surface area (Å²) in [6, 6.07) is 6.59. The van der Waals surface area contributed by atoms with Crippen LogP contribution in [0.2, 0.25) is 0 Å². The molecule has 0 atom stereocenters. The van der Waals surface area contributed by atoms with Crippen LogP contribution in [0, 0.1) is 0 Å². The van der Waals surface area contributed by atoms with E-state index < -0.39 is 0 Å². The lowest BCUT2D eigenvalue weighted by Gasteiger charge is -2.05. The number of hydrogen-bond donors (Lipinski definition) is 3. The van der Waals surface area contributed by atoms with Gasteiger partial charge in [-0.05, 0) is 24.1 Å². The molecule has 0 heterocycles. The summed E-state index contributed by atoms with van der Waals surface area (Å²) in [6.45, 7) is 0.164. The Morgan fingerprint density at radius 3 is 2.31 bits per heavy atom. The summed E-state index contributed by atoms with van der Waals surface area (Å²) in [5.41, 5.74) is 0.944. The molecule has 3 N–H and O–H groups in total. The summed E-state index contributed by atoms with van der Waals surface area (Å²) in [6.07, 6.45) is 0.540. The number of nitrogens with zero attached hydrogens (tertiary/aromatic N) is 1. The third-order valence-electron chi connectivity index (χ3n) is 1.53. The molecule has 0 aliphatic heterocycles. The van der Waals surface area contributed by atoms with Gasteiger partial charge in [-0.2, -0.15) is 0 Å². The summed E-state index contributed by atoms with van der Waals surface area (Å²) in [5.74, 6) is 0.204. The molecule has 0 unspecified atom stereocenters. The van der Waals surface area contributed by atoms with Crippen molar-refractivity contribution in [3.63, 3.8) is 0 Å². The Labute approximate surface area is 75.3 Å². The molecule has 72 valence electrons. The third-order valence-corrected chi connectivity index (χ3v) is 1.53. The van der Waals surface area contributed by atoms with Gasteiger partial charge in [0.25, 0.3) is 0 Å². The van der Waals surface area contributed by atoms with Crippen LogP contribution in [-0.4, -0.2) is 27.5 Å². The molecular weight excluding hydrogens is 174 g/mol. The predicted octanol–water partition coefficient (Wildman–Crippen LogP) is 0.947. The lowest BCUT2D eigenvalue weighted by Crippen LogP contribution is -2.16. The van der Waals surface area contributed by atoms with Gasteiger partial charge in [-0.1, -0.05) is 12.1 Å². The van der Waals surface area contributed by atoms with E-state index in [1.54, 1.807) is 24.3 Å². The van der Waals surface area contributed by atoms with Gasteiger partial charge in [-0.15, -0.1) is 0 Å². The molecule has 0 aromatic heterocycles. The first-order valence-corrected chi connectivity index (χ1v) is 3.77. The van der Waals surface area contributed by atoms with Crippen molar-refractivity contribution in [3.8, 4) is 5.75 Å². The maximum Gasteiger partial charge on any atom is 0.115 e. The molecule has 0 aliphatic carbocycles. The first-order chi connectivity index (χ1) is 6.18. The highest BCUT2D eigenvalue weighted by atomic mass is 17.1. The largest absolute Gasteiger partial charge is 0.508 e. The Kier molecular flexibility index (Phi) is 3.66. The summed E-state index contributed by atoms with van der Waals surface area (Å²) in [4.78, 5) is 4.36. The minimum Gasteiger partial charge on any atom is -0.508 e. The summed E-state index contributed by atoms with van der Waals surface area (Å²) in [7, 11) is 0. The van der Waals surface area contributed by atoms with Crippen molar-refractivity contribution >= 4 is 0 Å². The molecular formula is C8H11NO4. The van der Waals surface area contributed by atoms with Gasteiger partial charge in [0, 0.05) is 0 Å². The van der Waals surface area contributed by atoms with Crippen LogP contribution in [0.3, 0.4) is 0 Å². The molecule has 5 nitrogen and oxygen atoms in total. The van der Waals surface area contributed by atoms with E-state index in [0.717, 1.165) is 5.56 Å². The Hall–Kier alpha value is -1.14. The highest BCUT2D eigenvalue weighted by molar-refractivity contribution is 5.25. The zero-order chi connectivity index (χ0) is 9.68. The molecule has 0 fully saturated rings. The van der Waals surface area contributed by atoms with Crippen LogP contribution in [0.5, 0.6) is 5.75 Å². The van der Waals surface area contributed by atoms with Crippen LogP contribution < -0.4 is 0 Å². The van der Waals surface area contributed by atoms with Crippen molar-refractivity contribution in [2.75, 3.05) is 6.61 Å². The van der Waals surface area contributed by atoms with E-state index in [1.165, 1.54) is 0 Å². The second-order valence-corrected chi connectivity index (χ2v) is 2.50. The minimum atomic E-state index is -0.319. The van der Waals surface area contributed by atoms with Gasteiger partial charge in [-0.25, -0.2) is 0 Å². The number of benzene rings is 1. The first-order valence-electron chi connectivity index (χ1n) is 3.77. The summed E-state index contributed by atoms with van der Waals surface area (Å²) >= 11 is 0. The van der Waals surface area contributed by atoms with Crippen molar-refractivity contribution in [1.82, 2.24) is 5.39 Å². The topological polar surface area (TPSA) is 73.2 Å². The average Bonchev–Trinajstić information content (AvgIpc) is 2.08. The van der Waals surface area contributed by atoms with E-state index >= 15 is 0 Å². The maximum atomic E-state index is 8.95. The van der Waals surface area contributed by atoms with Crippen LogP contribution in [0.25, 0.3) is 0 Å². The smallest absolute Gasteiger partial charge is 0.115 e. The number of phenolic OH excluding ortho intramolecular Hbond substituents is 1. The van der Waals surface area contributed by atoms with Crippen LogP contribution >= 0.6 is 0 Å². The zero-order valence-corrected chi connectivity index (χ0v) is 6.92. The van der Waals surface area contributed by atoms with Crippen LogP contribution in [0.4, 0.5) is 0 Å². The van der Waals surface area contributed by atoms with E-state index in [4.69, 9.17) is 15.5 Å². The fourth-order valence-corrected chi connectivity index (χ4v) is 0.908. The molecule has 0 saturated carbocycles.